The molecular weight excluding hydrogens is 371 g/mol. The van der Waals surface area contributed by atoms with E-state index in [1.54, 1.807) is 6.20 Å². The molecule has 2 aromatic heterocycles. The standard InChI is InChI=1S/C18H18Cl2N6/c19-13-2-1-3-14(20)15(13)12-6-11-7-23-18(22)25-16(11)24-17(12)26-8-10(9-26)4-5-21/h1-3,6-7,10H,4-5,8-9,21H2,(H2,22,23,24,25). The van der Waals surface area contributed by atoms with E-state index in [2.05, 4.69) is 14.9 Å². The van der Waals surface area contributed by atoms with Crippen molar-refractivity contribution in [3.8, 4) is 11.1 Å². The zero-order chi connectivity index (χ0) is 18.3. The minimum atomic E-state index is 0.198. The summed E-state index contributed by atoms with van der Waals surface area (Å²) in [4.78, 5) is 15.3. The first kappa shape index (κ1) is 17.3. The van der Waals surface area contributed by atoms with Crippen LogP contribution in [-0.2, 0) is 0 Å². The number of nitrogens with zero attached hydrogens (tertiary/aromatic N) is 4. The van der Waals surface area contributed by atoms with Crippen LogP contribution >= 0.6 is 23.2 Å². The molecule has 0 saturated carbocycles. The van der Waals surface area contributed by atoms with Crippen molar-refractivity contribution in [3.05, 3.63) is 40.5 Å². The van der Waals surface area contributed by atoms with Crippen molar-refractivity contribution < 1.29 is 0 Å². The highest BCUT2D eigenvalue weighted by Gasteiger charge is 2.30. The molecule has 8 heteroatoms. The Morgan fingerprint density at radius 1 is 1.15 bits per heavy atom. The summed E-state index contributed by atoms with van der Waals surface area (Å²) in [5.41, 5.74) is 13.6. The SMILES string of the molecule is NCCC1CN(c2nc3nc(N)ncc3cc2-c2c(Cl)cccc2Cl)C1. The van der Waals surface area contributed by atoms with Crippen molar-refractivity contribution in [2.45, 2.75) is 6.42 Å². The van der Waals surface area contributed by atoms with Crippen molar-refractivity contribution in [2.24, 2.45) is 11.7 Å². The number of halogens is 2. The van der Waals surface area contributed by atoms with Crippen molar-refractivity contribution in [2.75, 3.05) is 30.3 Å². The molecule has 0 bridgehead atoms. The average molecular weight is 389 g/mol. The number of nitrogen functional groups attached to an aromatic ring is 1. The first-order valence-electron chi connectivity index (χ1n) is 8.39. The number of benzene rings is 1. The van der Waals surface area contributed by atoms with Crippen LogP contribution in [0.1, 0.15) is 6.42 Å². The van der Waals surface area contributed by atoms with Gasteiger partial charge in [0.15, 0.2) is 5.65 Å². The summed E-state index contributed by atoms with van der Waals surface area (Å²) in [6.07, 6.45) is 2.66. The smallest absolute Gasteiger partial charge is 0.222 e. The third-order valence-corrected chi connectivity index (χ3v) is 5.26. The lowest BCUT2D eigenvalue weighted by atomic mass is 9.94. The van der Waals surface area contributed by atoms with Crippen LogP contribution in [0.5, 0.6) is 0 Å². The predicted octanol–water partition coefficient (Wildman–Crippen LogP) is 3.37. The van der Waals surface area contributed by atoms with E-state index in [0.29, 0.717) is 28.2 Å². The molecule has 0 spiro atoms. The molecule has 26 heavy (non-hydrogen) atoms. The van der Waals surface area contributed by atoms with Gasteiger partial charge in [-0.25, -0.2) is 9.97 Å². The molecule has 0 radical (unpaired) electrons. The number of hydrogen-bond donors (Lipinski definition) is 2. The van der Waals surface area contributed by atoms with Gasteiger partial charge in [-0.2, -0.15) is 4.98 Å². The van der Waals surface area contributed by atoms with Gasteiger partial charge in [-0.15, -0.1) is 0 Å². The molecule has 4 rings (SSSR count). The Labute approximate surface area is 161 Å². The average Bonchev–Trinajstić information content (AvgIpc) is 2.57. The fraction of sp³-hybridized carbons (Fsp3) is 0.278. The summed E-state index contributed by atoms with van der Waals surface area (Å²) < 4.78 is 0. The molecule has 0 unspecified atom stereocenters. The monoisotopic (exact) mass is 388 g/mol. The molecule has 0 amide bonds. The molecule has 6 nitrogen and oxygen atoms in total. The summed E-state index contributed by atoms with van der Waals surface area (Å²) in [7, 11) is 0. The molecular formula is C18H18Cl2N6. The van der Waals surface area contributed by atoms with Gasteiger partial charge in [-0.1, -0.05) is 29.3 Å². The maximum Gasteiger partial charge on any atom is 0.222 e. The van der Waals surface area contributed by atoms with E-state index in [1.807, 2.05) is 24.3 Å². The molecule has 0 aliphatic carbocycles. The van der Waals surface area contributed by atoms with Crippen molar-refractivity contribution in [1.82, 2.24) is 15.0 Å². The Morgan fingerprint density at radius 2 is 1.88 bits per heavy atom. The largest absolute Gasteiger partial charge is 0.368 e. The zero-order valence-corrected chi connectivity index (χ0v) is 15.5. The molecule has 1 aliphatic heterocycles. The van der Waals surface area contributed by atoms with Gasteiger partial charge in [0.25, 0.3) is 0 Å². The van der Waals surface area contributed by atoms with Crippen molar-refractivity contribution >= 4 is 46.0 Å². The second-order valence-electron chi connectivity index (χ2n) is 6.45. The predicted molar refractivity (Wildman–Crippen MR) is 107 cm³/mol. The third-order valence-electron chi connectivity index (χ3n) is 4.63. The maximum absolute atomic E-state index is 6.46. The topological polar surface area (TPSA) is 94.0 Å². The number of rotatable bonds is 4. The number of fused-ring (bicyclic) bond motifs is 1. The molecule has 1 aliphatic rings. The minimum Gasteiger partial charge on any atom is -0.368 e. The van der Waals surface area contributed by atoms with E-state index in [-0.39, 0.29) is 5.95 Å². The number of pyridine rings is 1. The lowest BCUT2D eigenvalue weighted by Gasteiger charge is -2.41. The van der Waals surface area contributed by atoms with Crippen LogP contribution < -0.4 is 16.4 Å². The zero-order valence-electron chi connectivity index (χ0n) is 14.0. The van der Waals surface area contributed by atoms with Gasteiger partial charge in [0.05, 0.1) is 10.0 Å². The van der Waals surface area contributed by atoms with Gasteiger partial charge < -0.3 is 16.4 Å². The molecule has 3 aromatic rings. The van der Waals surface area contributed by atoms with Crippen molar-refractivity contribution in [1.29, 1.82) is 0 Å². The number of aromatic nitrogens is 3. The van der Waals surface area contributed by atoms with E-state index in [9.17, 15) is 0 Å². The molecule has 1 fully saturated rings. The van der Waals surface area contributed by atoms with Gasteiger partial charge in [0.2, 0.25) is 5.95 Å². The summed E-state index contributed by atoms with van der Waals surface area (Å²) in [5, 5.41) is 1.94. The fourth-order valence-electron chi connectivity index (χ4n) is 3.31. The second kappa shape index (κ2) is 6.87. The quantitative estimate of drug-likeness (QED) is 0.711. The van der Waals surface area contributed by atoms with E-state index >= 15 is 0 Å². The Bertz CT molecular complexity index is 951. The normalized spacial score (nSPS) is 14.7. The van der Waals surface area contributed by atoms with Gasteiger partial charge in [0.1, 0.15) is 5.82 Å². The summed E-state index contributed by atoms with van der Waals surface area (Å²) >= 11 is 12.9. The molecule has 134 valence electrons. The van der Waals surface area contributed by atoms with E-state index in [1.165, 1.54) is 0 Å². The van der Waals surface area contributed by atoms with Crippen LogP contribution in [0.25, 0.3) is 22.2 Å². The van der Waals surface area contributed by atoms with E-state index in [4.69, 9.17) is 39.7 Å². The van der Waals surface area contributed by atoms with Crippen LogP contribution in [0.15, 0.2) is 30.5 Å². The Morgan fingerprint density at radius 3 is 2.58 bits per heavy atom. The Balaban J connectivity index is 1.87. The molecule has 4 N–H and O–H groups in total. The van der Waals surface area contributed by atoms with Gasteiger partial charge in [-0.3, -0.25) is 0 Å². The first-order valence-corrected chi connectivity index (χ1v) is 9.15. The Kier molecular flexibility index (Phi) is 4.56. The number of anilines is 2. The molecule has 0 atom stereocenters. The van der Waals surface area contributed by atoms with Crippen molar-refractivity contribution in [3.63, 3.8) is 0 Å². The first-order chi connectivity index (χ1) is 12.6. The molecule has 1 aromatic carbocycles. The van der Waals surface area contributed by atoms with Gasteiger partial charge in [-0.05, 0) is 37.1 Å². The minimum absolute atomic E-state index is 0.198. The highest BCUT2D eigenvalue weighted by molar-refractivity contribution is 6.39. The van der Waals surface area contributed by atoms with Crippen LogP contribution in [0.3, 0.4) is 0 Å². The molecule has 3 heterocycles. The highest BCUT2D eigenvalue weighted by Crippen LogP contribution is 2.42. The summed E-state index contributed by atoms with van der Waals surface area (Å²) in [6, 6.07) is 7.45. The Hall–Kier alpha value is -2.15. The van der Waals surface area contributed by atoms with Crippen LogP contribution in [0.4, 0.5) is 11.8 Å². The lowest BCUT2D eigenvalue weighted by molar-refractivity contribution is 0.387. The number of nitrogens with two attached hydrogens (primary N) is 2. The molecule has 1 saturated heterocycles. The maximum atomic E-state index is 6.46. The summed E-state index contributed by atoms with van der Waals surface area (Å²) in [5.74, 6) is 1.57. The van der Waals surface area contributed by atoms with Crippen LogP contribution in [0.2, 0.25) is 10.0 Å². The van der Waals surface area contributed by atoms with E-state index < -0.39 is 0 Å². The fourth-order valence-corrected chi connectivity index (χ4v) is 3.91. The van der Waals surface area contributed by atoms with Crippen LogP contribution in [-0.4, -0.2) is 34.6 Å². The summed E-state index contributed by atoms with van der Waals surface area (Å²) in [6.45, 7) is 2.48. The van der Waals surface area contributed by atoms with Gasteiger partial charge >= 0.3 is 0 Å². The van der Waals surface area contributed by atoms with Gasteiger partial charge in [0, 0.05) is 35.8 Å². The number of hydrogen-bond acceptors (Lipinski definition) is 6. The third kappa shape index (κ3) is 3.05. The second-order valence-corrected chi connectivity index (χ2v) is 7.26. The van der Waals surface area contributed by atoms with E-state index in [0.717, 1.165) is 41.8 Å². The highest BCUT2D eigenvalue weighted by atomic mass is 35.5. The van der Waals surface area contributed by atoms with Crippen LogP contribution in [0, 0.1) is 5.92 Å². The lowest BCUT2D eigenvalue weighted by Crippen LogP contribution is -2.48.